The van der Waals surface area contributed by atoms with Gasteiger partial charge < -0.3 is 10.1 Å². The van der Waals surface area contributed by atoms with Gasteiger partial charge in [-0.1, -0.05) is 47.1 Å². The lowest BCUT2D eigenvalue weighted by molar-refractivity contribution is -0.113. The number of aromatic nitrogens is 3. The number of anilines is 1. The fourth-order valence-corrected chi connectivity index (χ4v) is 3.82. The summed E-state index contributed by atoms with van der Waals surface area (Å²) in [6.07, 6.45) is 1.74. The number of carbonyl (C=O) groups excluding carboxylic acids is 1. The number of nitrogens with zero attached hydrogens (tertiary/aromatic N) is 3. The van der Waals surface area contributed by atoms with Gasteiger partial charge in [0, 0.05) is 12.1 Å². The molecule has 9 heteroatoms. The van der Waals surface area contributed by atoms with Crippen molar-refractivity contribution in [1.82, 2.24) is 14.8 Å². The van der Waals surface area contributed by atoms with Crippen molar-refractivity contribution in [3.05, 3.63) is 64.7 Å². The SMILES string of the molecule is C=CCn1c(SCC(=O)Nc2cc(C)ccc2OC)nnc1-c1ccc(Cl)c(Cl)c1. The number of hydrogen-bond acceptors (Lipinski definition) is 5. The Morgan fingerprint density at radius 1 is 1.23 bits per heavy atom. The van der Waals surface area contributed by atoms with E-state index in [0.29, 0.717) is 39.0 Å². The van der Waals surface area contributed by atoms with Crippen LogP contribution in [0.1, 0.15) is 5.56 Å². The van der Waals surface area contributed by atoms with E-state index < -0.39 is 0 Å². The summed E-state index contributed by atoms with van der Waals surface area (Å²) >= 11 is 13.4. The molecule has 0 aliphatic rings. The number of thioether (sulfide) groups is 1. The Balaban J connectivity index is 1.76. The highest BCUT2D eigenvalue weighted by Crippen LogP contribution is 2.30. The molecule has 0 aliphatic heterocycles. The van der Waals surface area contributed by atoms with E-state index in [0.717, 1.165) is 11.1 Å². The summed E-state index contributed by atoms with van der Waals surface area (Å²) in [5.74, 6) is 1.22. The van der Waals surface area contributed by atoms with E-state index in [4.69, 9.17) is 27.9 Å². The minimum absolute atomic E-state index is 0.160. The monoisotopic (exact) mass is 462 g/mol. The van der Waals surface area contributed by atoms with Gasteiger partial charge in [-0.2, -0.15) is 0 Å². The lowest BCUT2D eigenvalue weighted by atomic mass is 10.2. The van der Waals surface area contributed by atoms with Crippen LogP contribution in [-0.2, 0) is 11.3 Å². The van der Waals surface area contributed by atoms with Gasteiger partial charge in [-0.25, -0.2) is 0 Å². The van der Waals surface area contributed by atoms with E-state index in [1.165, 1.54) is 11.8 Å². The van der Waals surface area contributed by atoms with Gasteiger partial charge in [-0.3, -0.25) is 9.36 Å². The average molecular weight is 463 g/mol. The van der Waals surface area contributed by atoms with Crippen LogP contribution in [0.2, 0.25) is 10.0 Å². The summed E-state index contributed by atoms with van der Waals surface area (Å²) in [5, 5.41) is 12.9. The number of amides is 1. The zero-order valence-corrected chi connectivity index (χ0v) is 18.8. The summed E-state index contributed by atoms with van der Waals surface area (Å²) in [4.78, 5) is 12.5. The average Bonchev–Trinajstić information content (AvgIpc) is 3.11. The topological polar surface area (TPSA) is 69.0 Å². The van der Waals surface area contributed by atoms with Gasteiger partial charge >= 0.3 is 0 Å². The minimum Gasteiger partial charge on any atom is -0.495 e. The zero-order chi connectivity index (χ0) is 21.7. The van der Waals surface area contributed by atoms with Crippen LogP contribution in [-0.4, -0.2) is 33.5 Å². The van der Waals surface area contributed by atoms with Crippen LogP contribution in [0.3, 0.4) is 0 Å². The number of methoxy groups -OCH3 is 1. The molecule has 1 amide bonds. The third-order valence-electron chi connectivity index (χ3n) is 4.17. The number of carbonyl (C=O) groups is 1. The van der Waals surface area contributed by atoms with Gasteiger partial charge in [0.15, 0.2) is 11.0 Å². The first-order chi connectivity index (χ1) is 14.4. The Morgan fingerprint density at radius 3 is 2.73 bits per heavy atom. The number of allylic oxidation sites excluding steroid dienone is 1. The zero-order valence-electron chi connectivity index (χ0n) is 16.5. The van der Waals surface area contributed by atoms with E-state index in [1.807, 2.05) is 35.8 Å². The molecule has 0 fully saturated rings. The standard InChI is InChI=1S/C21H20Cl2N4O2S/c1-4-9-27-20(14-6-7-15(22)16(23)11-14)25-26-21(27)30-12-19(28)24-17-10-13(2)5-8-18(17)29-3/h4-8,10-11H,1,9,12H2,2-3H3,(H,24,28). The Bertz CT molecular complexity index is 1080. The number of nitrogens with one attached hydrogen (secondary N) is 1. The highest BCUT2D eigenvalue weighted by Gasteiger charge is 2.16. The number of aryl methyl sites for hydroxylation is 1. The van der Waals surface area contributed by atoms with E-state index in [9.17, 15) is 4.79 Å². The smallest absolute Gasteiger partial charge is 0.234 e. The second-order valence-electron chi connectivity index (χ2n) is 6.37. The largest absolute Gasteiger partial charge is 0.495 e. The molecule has 3 rings (SSSR count). The summed E-state index contributed by atoms with van der Waals surface area (Å²) in [5.41, 5.74) is 2.43. The van der Waals surface area contributed by atoms with Crippen molar-refractivity contribution in [1.29, 1.82) is 0 Å². The third-order valence-corrected chi connectivity index (χ3v) is 5.87. The van der Waals surface area contributed by atoms with Crippen molar-refractivity contribution in [3.8, 4) is 17.1 Å². The van der Waals surface area contributed by atoms with Crippen molar-refractivity contribution in [3.63, 3.8) is 0 Å². The van der Waals surface area contributed by atoms with Gasteiger partial charge in [-0.15, -0.1) is 16.8 Å². The molecule has 0 bridgehead atoms. The molecule has 0 saturated carbocycles. The molecule has 0 saturated heterocycles. The van der Waals surface area contributed by atoms with Crippen LogP contribution in [0.15, 0.2) is 54.2 Å². The van der Waals surface area contributed by atoms with Crippen LogP contribution in [0.4, 0.5) is 5.69 Å². The lowest BCUT2D eigenvalue weighted by Crippen LogP contribution is -2.15. The fraction of sp³-hybridized carbons (Fsp3) is 0.190. The van der Waals surface area contributed by atoms with Gasteiger partial charge in [0.1, 0.15) is 5.75 Å². The van der Waals surface area contributed by atoms with Gasteiger partial charge in [0.25, 0.3) is 0 Å². The van der Waals surface area contributed by atoms with E-state index in [2.05, 4.69) is 22.1 Å². The van der Waals surface area contributed by atoms with E-state index in [1.54, 1.807) is 25.3 Å². The molecule has 156 valence electrons. The molecule has 3 aromatic rings. The fourth-order valence-electron chi connectivity index (χ4n) is 2.77. The molecule has 1 aromatic heterocycles. The Kier molecular flexibility index (Phi) is 7.42. The van der Waals surface area contributed by atoms with E-state index in [-0.39, 0.29) is 11.7 Å². The second-order valence-corrected chi connectivity index (χ2v) is 8.13. The van der Waals surface area contributed by atoms with Crippen LogP contribution in [0.5, 0.6) is 5.75 Å². The maximum absolute atomic E-state index is 12.5. The van der Waals surface area contributed by atoms with Crippen molar-refractivity contribution in [2.45, 2.75) is 18.6 Å². The van der Waals surface area contributed by atoms with Crippen LogP contribution in [0.25, 0.3) is 11.4 Å². The Labute approximate surface area is 189 Å². The molecule has 6 nitrogen and oxygen atoms in total. The maximum Gasteiger partial charge on any atom is 0.234 e. The molecule has 2 aromatic carbocycles. The maximum atomic E-state index is 12.5. The van der Waals surface area contributed by atoms with Crippen LogP contribution in [0, 0.1) is 6.92 Å². The first kappa shape index (κ1) is 22.2. The first-order valence-corrected chi connectivity index (χ1v) is 10.7. The Hall–Kier alpha value is -2.48. The number of hydrogen-bond donors (Lipinski definition) is 1. The molecule has 0 spiro atoms. The first-order valence-electron chi connectivity index (χ1n) is 8.99. The highest BCUT2D eigenvalue weighted by atomic mass is 35.5. The van der Waals surface area contributed by atoms with Crippen LogP contribution >= 0.6 is 35.0 Å². The molecule has 1 heterocycles. The normalized spacial score (nSPS) is 10.7. The summed E-state index contributed by atoms with van der Waals surface area (Å²) in [7, 11) is 1.57. The van der Waals surface area contributed by atoms with E-state index >= 15 is 0 Å². The number of rotatable bonds is 8. The summed E-state index contributed by atoms with van der Waals surface area (Å²) < 4.78 is 7.18. The minimum atomic E-state index is -0.173. The molecule has 30 heavy (non-hydrogen) atoms. The molecule has 0 unspecified atom stereocenters. The van der Waals surface area contributed by atoms with Gasteiger partial charge in [0.2, 0.25) is 5.91 Å². The number of benzene rings is 2. The molecule has 0 radical (unpaired) electrons. The predicted molar refractivity (Wildman–Crippen MR) is 123 cm³/mol. The number of halogens is 2. The molecular weight excluding hydrogens is 443 g/mol. The van der Waals surface area contributed by atoms with Crippen molar-refractivity contribution >= 4 is 46.6 Å². The molecule has 1 N–H and O–H groups in total. The van der Waals surface area contributed by atoms with Crippen molar-refractivity contribution in [2.75, 3.05) is 18.2 Å². The third kappa shape index (κ3) is 5.16. The molecular formula is C21H20Cl2N4O2S. The summed E-state index contributed by atoms with van der Waals surface area (Å²) in [6, 6.07) is 10.9. The van der Waals surface area contributed by atoms with Gasteiger partial charge in [0.05, 0.1) is 28.6 Å². The highest BCUT2D eigenvalue weighted by molar-refractivity contribution is 7.99. The van der Waals surface area contributed by atoms with Crippen molar-refractivity contribution < 1.29 is 9.53 Å². The van der Waals surface area contributed by atoms with Gasteiger partial charge in [-0.05, 0) is 42.8 Å². The second kappa shape index (κ2) is 10.0. The Morgan fingerprint density at radius 2 is 2.03 bits per heavy atom. The quantitative estimate of drug-likeness (QED) is 0.354. The summed E-state index contributed by atoms with van der Waals surface area (Å²) in [6.45, 7) is 6.23. The lowest BCUT2D eigenvalue weighted by Gasteiger charge is -2.11. The predicted octanol–water partition coefficient (Wildman–Crippen LogP) is 5.49. The van der Waals surface area contributed by atoms with Crippen molar-refractivity contribution in [2.24, 2.45) is 0 Å². The number of ether oxygens (including phenoxy) is 1. The molecule has 0 aliphatic carbocycles. The molecule has 0 atom stereocenters. The van der Waals surface area contributed by atoms with Crippen LogP contribution < -0.4 is 10.1 Å².